The predicted octanol–water partition coefficient (Wildman–Crippen LogP) is 2.21. The lowest BCUT2D eigenvalue weighted by atomic mass is 10.2. The number of rotatable bonds is 6. The van der Waals surface area contributed by atoms with Gasteiger partial charge in [-0.3, -0.25) is 0 Å². The zero-order chi connectivity index (χ0) is 8.69. The summed E-state index contributed by atoms with van der Waals surface area (Å²) < 4.78 is 10.1. The number of methoxy groups -OCH3 is 2. The maximum Gasteiger partial charge on any atom is 0.0587 e. The molecule has 2 unspecified atom stereocenters. The van der Waals surface area contributed by atoms with Crippen LogP contribution < -0.4 is 0 Å². The van der Waals surface area contributed by atoms with Crippen LogP contribution in [0.3, 0.4) is 0 Å². The van der Waals surface area contributed by atoms with Gasteiger partial charge in [-0.05, 0) is 19.8 Å². The Hall–Kier alpha value is 0.400. The first-order valence-corrected chi connectivity index (χ1v) is 4.78. The Kier molecular flexibility index (Phi) is 7.33. The second kappa shape index (κ2) is 7.07. The molecule has 2 atom stereocenters. The maximum atomic E-state index is 5.12. The molecule has 0 amide bonds. The van der Waals surface area contributed by atoms with E-state index in [2.05, 4.69) is 22.9 Å². The quantitative estimate of drug-likeness (QED) is 0.645. The van der Waals surface area contributed by atoms with Crippen molar-refractivity contribution in [2.75, 3.05) is 20.8 Å². The molecule has 2 nitrogen and oxygen atoms in total. The molecule has 0 rings (SSSR count). The van der Waals surface area contributed by atoms with Gasteiger partial charge in [0.05, 0.1) is 12.7 Å². The Morgan fingerprint density at radius 2 is 1.91 bits per heavy atom. The average molecular weight is 225 g/mol. The molecule has 0 aromatic rings. The summed E-state index contributed by atoms with van der Waals surface area (Å²) in [5.41, 5.74) is 0. The standard InChI is InChI=1S/C8H17BrO2/c1-7(11-3)4-5-8(9)6-10-2/h7-8H,4-6H2,1-3H3. The Labute approximate surface area is 77.4 Å². The van der Waals surface area contributed by atoms with Gasteiger partial charge in [0.2, 0.25) is 0 Å². The Morgan fingerprint density at radius 1 is 1.27 bits per heavy atom. The number of ether oxygens (including phenoxy) is 2. The lowest BCUT2D eigenvalue weighted by Crippen LogP contribution is -2.11. The summed E-state index contributed by atoms with van der Waals surface area (Å²) in [4.78, 5) is 0.463. The van der Waals surface area contributed by atoms with E-state index in [9.17, 15) is 0 Å². The van der Waals surface area contributed by atoms with Crippen LogP contribution in [0.4, 0.5) is 0 Å². The van der Waals surface area contributed by atoms with Crippen molar-refractivity contribution in [1.29, 1.82) is 0 Å². The summed E-state index contributed by atoms with van der Waals surface area (Å²) in [5, 5.41) is 0. The van der Waals surface area contributed by atoms with E-state index in [0.29, 0.717) is 10.9 Å². The molecular formula is C8H17BrO2. The number of hydrogen-bond donors (Lipinski definition) is 0. The molecule has 0 aliphatic carbocycles. The van der Waals surface area contributed by atoms with Gasteiger partial charge in [-0.25, -0.2) is 0 Å². The fourth-order valence-corrected chi connectivity index (χ4v) is 1.33. The molecule has 0 fully saturated rings. The topological polar surface area (TPSA) is 18.5 Å². The molecule has 3 heteroatoms. The van der Waals surface area contributed by atoms with Crippen molar-refractivity contribution < 1.29 is 9.47 Å². The van der Waals surface area contributed by atoms with Crippen LogP contribution in [-0.2, 0) is 9.47 Å². The highest BCUT2D eigenvalue weighted by Crippen LogP contribution is 2.11. The van der Waals surface area contributed by atoms with Crippen LogP contribution >= 0.6 is 15.9 Å². The van der Waals surface area contributed by atoms with E-state index >= 15 is 0 Å². The Bertz CT molecular complexity index is 88.2. The second-order valence-electron chi connectivity index (χ2n) is 2.68. The Morgan fingerprint density at radius 3 is 2.36 bits per heavy atom. The monoisotopic (exact) mass is 224 g/mol. The Balaban J connectivity index is 3.22. The minimum absolute atomic E-state index is 0.354. The van der Waals surface area contributed by atoms with Gasteiger partial charge < -0.3 is 9.47 Å². The largest absolute Gasteiger partial charge is 0.384 e. The van der Waals surface area contributed by atoms with Crippen LogP contribution in [0.25, 0.3) is 0 Å². The molecule has 68 valence electrons. The molecule has 0 aliphatic heterocycles. The van der Waals surface area contributed by atoms with Crippen molar-refractivity contribution in [1.82, 2.24) is 0 Å². The fraction of sp³-hybridized carbons (Fsp3) is 1.00. The van der Waals surface area contributed by atoms with Gasteiger partial charge in [-0.2, -0.15) is 0 Å². The van der Waals surface area contributed by atoms with Crippen LogP contribution in [0.15, 0.2) is 0 Å². The number of hydrogen-bond acceptors (Lipinski definition) is 2. The van der Waals surface area contributed by atoms with E-state index in [1.807, 2.05) is 0 Å². The van der Waals surface area contributed by atoms with Crippen molar-refractivity contribution in [3.8, 4) is 0 Å². The molecular weight excluding hydrogens is 208 g/mol. The number of halogens is 1. The van der Waals surface area contributed by atoms with Gasteiger partial charge >= 0.3 is 0 Å². The first kappa shape index (κ1) is 11.4. The van der Waals surface area contributed by atoms with Crippen molar-refractivity contribution >= 4 is 15.9 Å². The van der Waals surface area contributed by atoms with E-state index in [-0.39, 0.29) is 0 Å². The lowest BCUT2D eigenvalue weighted by Gasteiger charge is -2.12. The van der Waals surface area contributed by atoms with Crippen molar-refractivity contribution in [3.63, 3.8) is 0 Å². The first-order chi connectivity index (χ1) is 5.20. The third-order valence-corrected chi connectivity index (χ3v) is 2.36. The summed E-state index contributed by atoms with van der Waals surface area (Å²) in [6.07, 6.45) is 2.53. The molecule has 0 saturated carbocycles. The van der Waals surface area contributed by atoms with Gasteiger partial charge in [-0.1, -0.05) is 15.9 Å². The molecule has 0 radical (unpaired) electrons. The highest BCUT2D eigenvalue weighted by molar-refractivity contribution is 9.09. The maximum absolute atomic E-state index is 5.12. The fourth-order valence-electron chi connectivity index (χ4n) is 0.798. The van der Waals surface area contributed by atoms with Crippen LogP contribution in [0.5, 0.6) is 0 Å². The summed E-state index contributed by atoms with van der Waals surface area (Å²) in [7, 11) is 3.46. The van der Waals surface area contributed by atoms with Gasteiger partial charge in [0.15, 0.2) is 0 Å². The molecule has 0 saturated heterocycles. The summed E-state index contributed by atoms with van der Waals surface area (Å²) in [5.74, 6) is 0. The van der Waals surface area contributed by atoms with Gasteiger partial charge in [0, 0.05) is 19.0 Å². The number of alkyl halides is 1. The highest BCUT2D eigenvalue weighted by Gasteiger charge is 2.06. The molecule has 0 spiro atoms. The van der Waals surface area contributed by atoms with Crippen molar-refractivity contribution in [2.45, 2.75) is 30.7 Å². The average Bonchev–Trinajstić information content (AvgIpc) is 2.01. The molecule has 0 bridgehead atoms. The minimum Gasteiger partial charge on any atom is -0.384 e. The van der Waals surface area contributed by atoms with E-state index < -0.39 is 0 Å². The summed E-state index contributed by atoms with van der Waals surface area (Å²) in [6.45, 7) is 2.85. The van der Waals surface area contributed by atoms with Crippen LogP contribution in [-0.4, -0.2) is 31.8 Å². The zero-order valence-electron chi connectivity index (χ0n) is 7.47. The molecule has 0 heterocycles. The third kappa shape index (κ3) is 6.78. The molecule has 11 heavy (non-hydrogen) atoms. The van der Waals surface area contributed by atoms with E-state index in [0.717, 1.165) is 19.4 Å². The normalized spacial score (nSPS) is 16.4. The molecule has 0 aromatic carbocycles. The van der Waals surface area contributed by atoms with Crippen LogP contribution in [0.2, 0.25) is 0 Å². The van der Waals surface area contributed by atoms with E-state index in [1.165, 1.54) is 0 Å². The highest BCUT2D eigenvalue weighted by atomic mass is 79.9. The smallest absolute Gasteiger partial charge is 0.0587 e. The van der Waals surface area contributed by atoms with E-state index in [4.69, 9.17) is 9.47 Å². The lowest BCUT2D eigenvalue weighted by molar-refractivity contribution is 0.106. The second-order valence-corrected chi connectivity index (χ2v) is 3.97. The summed E-state index contributed by atoms with van der Waals surface area (Å²) in [6, 6.07) is 0. The predicted molar refractivity (Wildman–Crippen MR) is 50.3 cm³/mol. The van der Waals surface area contributed by atoms with Crippen LogP contribution in [0.1, 0.15) is 19.8 Å². The molecule has 0 aromatic heterocycles. The van der Waals surface area contributed by atoms with Crippen molar-refractivity contribution in [2.24, 2.45) is 0 Å². The zero-order valence-corrected chi connectivity index (χ0v) is 9.06. The van der Waals surface area contributed by atoms with Crippen molar-refractivity contribution in [3.05, 3.63) is 0 Å². The SMILES string of the molecule is COCC(Br)CCC(C)OC. The van der Waals surface area contributed by atoms with Crippen LogP contribution in [0, 0.1) is 0 Å². The molecule has 0 aliphatic rings. The third-order valence-electron chi connectivity index (χ3n) is 1.64. The first-order valence-electron chi connectivity index (χ1n) is 3.86. The van der Waals surface area contributed by atoms with E-state index in [1.54, 1.807) is 14.2 Å². The molecule has 0 N–H and O–H groups in total. The van der Waals surface area contributed by atoms with Gasteiger partial charge in [0.25, 0.3) is 0 Å². The summed E-state index contributed by atoms with van der Waals surface area (Å²) >= 11 is 3.52. The minimum atomic E-state index is 0.354. The van der Waals surface area contributed by atoms with Gasteiger partial charge in [-0.15, -0.1) is 0 Å². The van der Waals surface area contributed by atoms with Gasteiger partial charge in [0.1, 0.15) is 0 Å².